The summed E-state index contributed by atoms with van der Waals surface area (Å²) in [6.07, 6.45) is 7.37. The van der Waals surface area contributed by atoms with Crippen molar-refractivity contribution >= 4 is 17.4 Å². The average molecular weight is 314 g/mol. The first-order valence-electron chi connectivity index (χ1n) is 7.70. The molecule has 0 bridgehead atoms. The lowest BCUT2D eigenvalue weighted by molar-refractivity contribution is -0.389. The standard InChI is InChI=1S/C16H18N4O3/c21-16(8-9-19-10-15(17-11-19)20(22)23)18-14-7-3-5-12-4-1-2-6-13(12)14/h3,5,7,10-11H,1-2,4,6,8-9H2,(H,18,21). The average Bonchev–Trinajstić information content (AvgIpc) is 3.03. The number of aryl methyl sites for hydroxylation is 2. The molecule has 1 heterocycles. The number of imidazole rings is 1. The van der Waals surface area contributed by atoms with E-state index in [1.165, 1.54) is 30.1 Å². The van der Waals surface area contributed by atoms with Crippen molar-refractivity contribution in [3.05, 3.63) is 52.0 Å². The Labute approximate surface area is 133 Å². The van der Waals surface area contributed by atoms with Gasteiger partial charge >= 0.3 is 5.82 Å². The first kappa shape index (κ1) is 15.2. The van der Waals surface area contributed by atoms with Gasteiger partial charge in [0.1, 0.15) is 6.20 Å². The highest BCUT2D eigenvalue weighted by molar-refractivity contribution is 5.91. The second kappa shape index (κ2) is 6.60. The van der Waals surface area contributed by atoms with Gasteiger partial charge in [0.15, 0.2) is 0 Å². The molecule has 1 aliphatic rings. The summed E-state index contributed by atoms with van der Waals surface area (Å²) in [5.41, 5.74) is 3.45. The largest absolute Gasteiger partial charge is 0.381 e. The van der Waals surface area contributed by atoms with E-state index in [0.29, 0.717) is 6.54 Å². The first-order valence-corrected chi connectivity index (χ1v) is 7.70. The van der Waals surface area contributed by atoms with E-state index in [0.717, 1.165) is 24.9 Å². The maximum Gasteiger partial charge on any atom is 0.381 e. The molecule has 0 atom stereocenters. The predicted molar refractivity (Wildman–Crippen MR) is 85.2 cm³/mol. The number of anilines is 1. The Hall–Kier alpha value is -2.70. The molecule has 120 valence electrons. The highest BCUT2D eigenvalue weighted by Gasteiger charge is 2.15. The SMILES string of the molecule is O=C(CCn1cnc([N+](=O)[O-])c1)Nc1cccc2c1CCCC2. The summed E-state index contributed by atoms with van der Waals surface area (Å²) < 4.78 is 1.55. The van der Waals surface area contributed by atoms with Crippen molar-refractivity contribution in [3.63, 3.8) is 0 Å². The van der Waals surface area contributed by atoms with Gasteiger partial charge in [-0.2, -0.15) is 0 Å². The minimum absolute atomic E-state index is 0.0969. The van der Waals surface area contributed by atoms with Crippen LogP contribution in [0, 0.1) is 10.1 Å². The third-order valence-corrected chi connectivity index (χ3v) is 4.07. The molecule has 1 aromatic heterocycles. The number of hydrogen-bond acceptors (Lipinski definition) is 4. The topological polar surface area (TPSA) is 90.1 Å². The molecular weight excluding hydrogens is 296 g/mol. The normalized spacial score (nSPS) is 13.4. The molecule has 3 rings (SSSR count). The Morgan fingerprint density at radius 3 is 2.96 bits per heavy atom. The summed E-state index contributed by atoms with van der Waals surface area (Å²) in [7, 11) is 0. The highest BCUT2D eigenvalue weighted by atomic mass is 16.6. The van der Waals surface area contributed by atoms with Crippen LogP contribution in [0.2, 0.25) is 0 Å². The van der Waals surface area contributed by atoms with Crippen LogP contribution in [-0.4, -0.2) is 20.4 Å². The van der Waals surface area contributed by atoms with Gasteiger partial charge in [-0.25, -0.2) is 0 Å². The summed E-state index contributed by atoms with van der Waals surface area (Å²) in [5.74, 6) is -0.303. The second-order valence-corrected chi connectivity index (χ2v) is 5.68. The monoisotopic (exact) mass is 314 g/mol. The van der Waals surface area contributed by atoms with Gasteiger partial charge in [0.25, 0.3) is 0 Å². The zero-order valence-electron chi connectivity index (χ0n) is 12.7. The lowest BCUT2D eigenvalue weighted by Gasteiger charge is -2.19. The van der Waals surface area contributed by atoms with Gasteiger partial charge in [-0.15, -0.1) is 0 Å². The smallest absolute Gasteiger partial charge is 0.358 e. The molecule has 0 spiro atoms. The number of carbonyl (C=O) groups excluding carboxylic acids is 1. The second-order valence-electron chi connectivity index (χ2n) is 5.68. The molecule has 23 heavy (non-hydrogen) atoms. The van der Waals surface area contributed by atoms with Gasteiger partial charge in [-0.1, -0.05) is 12.1 Å². The molecule has 1 aliphatic carbocycles. The number of amides is 1. The number of nitro groups is 1. The van der Waals surface area contributed by atoms with Crippen LogP contribution in [0.25, 0.3) is 0 Å². The van der Waals surface area contributed by atoms with Crippen molar-refractivity contribution in [2.45, 2.75) is 38.6 Å². The molecule has 0 aliphatic heterocycles. The number of aromatic nitrogens is 2. The van der Waals surface area contributed by atoms with E-state index < -0.39 is 4.92 Å². The van der Waals surface area contributed by atoms with Crippen LogP contribution in [0.5, 0.6) is 0 Å². The predicted octanol–water partition coefficient (Wildman–Crippen LogP) is 2.70. The molecular formula is C16H18N4O3. The molecule has 0 fully saturated rings. The van der Waals surface area contributed by atoms with E-state index in [-0.39, 0.29) is 18.1 Å². The fraction of sp³-hybridized carbons (Fsp3) is 0.375. The van der Waals surface area contributed by atoms with Crippen LogP contribution >= 0.6 is 0 Å². The number of hydrogen-bond donors (Lipinski definition) is 1. The molecule has 7 heteroatoms. The van der Waals surface area contributed by atoms with Crippen LogP contribution in [0.1, 0.15) is 30.4 Å². The van der Waals surface area contributed by atoms with Crippen molar-refractivity contribution < 1.29 is 9.72 Å². The van der Waals surface area contributed by atoms with E-state index in [9.17, 15) is 14.9 Å². The Balaban J connectivity index is 1.60. The number of nitrogens with one attached hydrogen (secondary N) is 1. The van der Waals surface area contributed by atoms with Gasteiger partial charge in [0.05, 0.1) is 0 Å². The molecule has 0 radical (unpaired) electrons. The van der Waals surface area contributed by atoms with Gasteiger partial charge in [0, 0.05) is 18.7 Å². The van der Waals surface area contributed by atoms with E-state index in [2.05, 4.69) is 16.4 Å². The van der Waals surface area contributed by atoms with Crippen molar-refractivity contribution in [2.75, 3.05) is 5.32 Å². The number of nitrogens with zero attached hydrogens (tertiary/aromatic N) is 3. The Kier molecular flexibility index (Phi) is 4.36. The zero-order valence-corrected chi connectivity index (χ0v) is 12.7. The molecule has 7 nitrogen and oxygen atoms in total. The van der Waals surface area contributed by atoms with Gasteiger partial charge in [-0.3, -0.25) is 4.79 Å². The molecule has 1 N–H and O–H groups in total. The lowest BCUT2D eigenvalue weighted by atomic mass is 9.90. The maximum atomic E-state index is 12.1. The number of rotatable bonds is 5. The first-order chi connectivity index (χ1) is 11.1. The number of benzene rings is 1. The van der Waals surface area contributed by atoms with Crippen LogP contribution in [0.3, 0.4) is 0 Å². The van der Waals surface area contributed by atoms with Crippen molar-refractivity contribution in [2.24, 2.45) is 0 Å². The third-order valence-electron chi connectivity index (χ3n) is 4.07. The summed E-state index contributed by atoms with van der Waals surface area (Å²) in [6.45, 7) is 0.363. The van der Waals surface area contributed by atoms with Crippen molar-refractivity contribution in [3.8, 4) is 0 Å². The van der Waals surface area contributed by atoms with E-state index >= 15 is 0 Å². The van der Waals surface area contributed by atoms with Crippen LogP contribution in [-0.2, 0) is 24.2 Å². The Morgan fingerprint density at radius 2 is 2.17 bits per heavy atom. The fourth-order valence-corrected chi connectivity index (χ4v) is 2.91. The summed E-state index contributed by atoms with van der Waals surface area (Å²) in [4.78, 5) is 25.8. The quantitative estimate of drug-likeness (QED) is 0.678. The van der Waals surface area contributed by atoms with Crippen LogP contribution in [0.4, 0.5) is 11.5 Å². The summed E-state index contributed by atoms with van der Waals surface area (Å²) >= 11 is 0. The zero-order chi connectivity index (χ0) is 16.2. The van der Waals surface area contributed by atoms with E-state index in [4.69, 9.17) is 0 Å². The Morgan fingerprint density at radius 1 is 1.35 bits per heavy atom. The van der Waals surface area contributed by atoms with E-state index in [1.54, 1.807) is 4.57 Å². The molecule has 1 amide bonds. The minimum atomic E-state index is -0.549. The lowest BCUT2D eigenvalue weighted by Crippen LogP contribution is -2.16. The fourth-order valence-electron chi connectivity index (χ4n) is 2.91. The van der Waals surface area contributed by atoms with Crippen LogP contribution < -0.4 is 5.32 Å². The Bertz CT molecular complexity index is 739. The van der Waals surface area contributed by atoms with Gasteiger partial charge < -0.3 is 20.0 Å². The maximum absolute atomic E-state index is 12.1. The van der Waals surface area contributed by atoms with Gasteiger partial charge in [0.2, 0.25) is 12.2 Å². The number of carbonyl (C=O) groups is 1. The molecule has 1 aromatic carbocycles. The van der Waals surface area contributed by atoms with Gasteiger partial charge in [-0.05, 0) is 52.8 Å². The minimum Gasteiger partial charge on any atom is -0.358 e. The van der Waals surface area contributed by atoms with Crippen molar-refractivity contribution in [1.82, 2.24) is 9.55 Å². The van der Waals surface area contributed by atoms with Crippen molar-refractivity contribution in [1.29, 1.82) is 0 Å². The summed E-state index contributed by atoms with van der Waals surface area (Å²) in [5, 5.41) is 13.5. The third kappa shape index (κ3) is 3.56. The number of fused-ring (bicyclic) bond motifs is 1. The summed E-state index contributed by atoms with van der Waals surface area (Å²) in [6, 6.07) is 6.03. The molecule has 0 unspecified atom stereocenters. The molecule has 0 saturated carbocycles. The highest BCUT2D eigenvalue weighted by Crippen LogP contribution is 2.27. The van der Waals surface area contributed by atoms with E-state index in [1.807, 2.05) is 12.1 Å². The molecule has 2 aromatic rings. The van der Waals surface area contributed by atoms with Crippen LogP contribution in [0.15, 0.2) is 30.7 Å². The molecule has 0 saturated heterocycles.